The van der Waals surface area contributed by atoms with E-state index in [1.54, 1.807) is 0 Å². The predicted molar refractivity (Wildman–Crippen MR) is 53.4 cm³/mol. The van der Waals surface area contributed by atoms with E-state index in [1.807, 2.05) is 0 Å². The van der Waals surface area contributed by atoms with Crippen LogP contribution in [0, 0.1) is 5.92 Å². The van der Waals surface area contributed by atoms with Crippen LogP contribution < -0.4 is 10.0 Å². The lowest BCUT2D eigenvalue weighted by molar-refractivity contribution is -0.122. The highest BCUT2D eigenvalue weighted by Gasteiger charge is 2.28. The van der Waals surface area contributed by atoms with Crippen LogP contribution in [0.25, 0.3) is 0 Å². The first-order chi connectivity index (χ1) is 6.55. The van der Waals surface area contributed by atoms with Crippen LogP contribution in [0.2, 0.25) is 0 Å². The summed E-state index contributed by atoms with van der Waals surface area (Å²) < 4.78 is 23.9. The summed E-state index contributed by atoms with van der Waals surface area (Å²) in [6, 6.07) is 0. The van der Waals surface area contributed by atoms with Gasteiger partial charge in [-0.05, 0) is 12.8 Å². The minimum atomic E-state index is -3.36. The Hall–Kier alpha value is -0.330. The van der Waals surface area contributed by atoms with Crippen LogP contribution in [0.4, 0.5) is 0 Å². The van der Waals surface area contributed by atoms with Crippen LogP contribution >= 0.6 is 11.6 Å². The van der Waals surface area contributed by atoms with E-state index in [0.29, 0.717) is 6.54 Å². The van der Waals surface area contributed by atoms with Gasteiger partial charge in [-0.3, -0.25) is 4.79 Å². The molecule has 0 aliphatic heterocycles. The van der Waals surface area contributed by atoms with E-state index in [2.05, 4.69) is 10.0 Å². The standard InChI is InChI=1S/C7H13ClN2O3S/c8-5-14(12,13)10-4-3-9-7(11)6-1-2-6/h6,10H,1-5H2,(H,9,11). The van der Waals surface area contributed by atoms with E-state index in [1.165, 1.54) is 0 Å². The Labute approximate surface area is 88.2 Å². The Morgan fingerprint density at radius 3 is 2.50 bits per heavy atom. The molecular weight excluding hydrogens is 228 g/mol. The average molecular weight is 241 g/mol. The Balaban J connectivity index is 2.07. The number of rotatable bonds is 6. The normalized spacial score (nSPS) is 16.6. The van der Waals surface area contributed by atoms with Crippen LogP contribution in [0.3, 0.4) is 0 Å². The zero-order chi connectivity index (χ0) is 10.6. The van der Waals surface area contributed by atoms with Crippen molar-refractivity contribution in [3.05, 3.63) is 0 Å². The Kier molecular flexibility index (Phi) is 4.15. The number of carbonyl (C=O) groups excluding carboxylic acids is 1. The molecule has 14 heavy (non-hydrogen) atoms. The topological polar surface area (TPSA) is 75.3 Å². The quantitative estimate of drug-likeness (QED) is 0.491. The average Bonchev–Trinajstić information content (AvgIpc) is 2.95. The van der Waals surface area contributed by atoms with Crippen molar-refractivity contribution >= 4 is 27.5 Å². The maximum Gasteiger partial charge on any atom is 0.225 e. The lowest BCUT2D eigenvalue weighted by Gasteiger charge is -2.05. The monoisotopic (exact) mass is 240 g/mol. The molecule has 82 valence electrons. The van der Waals surface area contributed by atoms with Gasteiger partial charge in [0.2, 0.25) is 15.9 Å². The zero-order valence-electron chi connectivity index (χ0n) is 7.62. The first-order valence-corrected chi connectivity index (χ1v) is 6.55. The summed E-state index contributed by atoms with van der Waals surface area (Å²) in [5.41, 5.74) is 0. The fraction of sp³-hybridized carbons (Fsp3) is 0.857. The number of amides is 1. The summed E-state index contributed by atoms with van der Waals surface area (Å²) in [5.74, 6) is 0.162. The smallest absolute Gasteiger partial charge is 0.225 e. The molecule has 0 aromatic carbocycles. The van der Waals surface area contributed by atoms with Crippen molar-refractivity contribution in [3.8, 4) is 0 Å². The summed E-state index contributed by atoms with van der Waals surface area (Å²) in [6.07, 6.45) is 1.89. The summed E-state index contributed by atoms with van der Waals surface area (Å²) in [5, 5.41) is 2.18. The molecule has 1 aliphatic rings. The largest absolute Gasteiger partial charge is 0.355 e. The summed E-state index contributed by atoms with van der Waals surface area (Å²) in [4.78, 5) is 11.1. The molecule has 0 aromatic heterocycles. The van der Waals surface area contributed by atoms with Crippen molar-refractivity contribution in [2.24, 2.45) is 5.92 Å². The van der Waals surface area contributed by atoms with E-state index < -0.39 is 15.2 Å². The number of hydrogen-bond donors (Lipinski definition) is 2. The molecule has 0 spiro atoms. The van der Waals surface area contributed by atoms with Gasteiger partial charge < -0.3 is 5.32 Å². The molecule has 7 heteroatoms. The number of nitrogens with one attached hydrogen (secondary N) is 2. The Morgan fingerprint density at radius 2 is 2.00 bits per heavy atom. The van der Waals surface area contributed by atoms with Gasteiger partial charge in [0.25, 0.3) is 0 Å². The first-order valence-electron chi connectivity index (χ1n) is 4.36. The molecule has 1 amide bonds. The highest BCUT2D eigenvalue weighted by molar-refractivity contribution is 7.90. The van der Waals surface area contributed by atoms with Crippen LogP contribution in [-0.4, -0.2) is 32.6 Å². The van der Waals surface area contributed by atoms with Crippen molar-refractivity contribution in [3.63, 3.8) is 0 Å². The molecule has 0 atom stereocenters. The van der Waals surface area contributed by atoms with Crippen molar-refractivity contribution in [2.45, 2.75) is 12.8 Å². The maximum absolute atomic E-state index is 11.1. The maximum atomic E-state index is 11.1. The Morgan fingerprint density at radius 1 is 1.36 bits per heavy atom. The van der Waals surface area contributed by atoms with E-state index in [9.17, 15) is 13.2 Å². The number of hydrogen-bond acceptors (Lipinski definition) is 3. The van der Waals surface area contributed by atoms with E-state index in [-0.39, 0.29) is 18.4 Å². The third-order valence-electron chi connectivity index (χ3n) is 1.84. The highest BCUT2D eigenvalue weighted by atomic mass is 35.5. The van der Waals surface area contributed by atoms with E-state index in [0.717, 1.165) is 12.8 Å². The molecule has 1 rings (SSSR count). The number of halogens is 1. The SMILES string of the molecule is O=C(NCCNS(=O)(=O)CCl)C1CC1. The molecule has 0 radical (unpaired) electrons. The number of carbonyl (C=O) groups is 1. The fourth-order valence-electron chi connectivity index (χ4n) is 0.921. The van der Waals surface area contributed by atoms with Crippen LogP contribution in [-0.2, 0) is 14.8 Å². The van der Waals surface area contributed by atoms with E-state index >= 15 is 0 Å². The van der Waals surface area contributed by atoms with Crippen molar-refractivity contribution in [2.75, 3.05) is 18.3 Å². The fourth-order valence-corrected chi connectivity index (χ4v) is 1.64. The minimum Gasteiger partial charge on any atom is -0.355 e. The van der Waals surface area contributed by atoms with Gasteiger partial charge in [0, 0.05) is 19.0 Å². The molecule has 5 nitrogen and oxygen atoms in total. The summed E-state index contributed by atoms with van der Waals surface area (Å²) >= 11 is 5.16. The zero-order valence-corrected chi connectivity index (χ0v) is 9.20. The summed E-state index contributed by atoms with van der Waals surface area (Å²) in [7, 11) is -3.36. The third-order valence-corrected chi connectivity index (χ3v) is 3.63. The van der Waals surface area contributed by atoms with Gasteiger partial charge in [0.05, 0.1) is 0 Å². The molecule has 1 fully saturated rings. The first kappa shape index (κ1) is 11.7. The van der Waals surface area contributed by atoms with Gasteiger partial charge in [-0.1, -0.05) is 0 Å². The summed E-state index contributed by atoms with van der Waals surface area (Å²) in [6.45, 7) is 0.499. The third kappa shape index (κ3) is 4.26. The molecule has 0 unspecified atom stereocenters. The molecule has 1 aliphatic carbocycles. The van der Waals surface area contributed by atoms with Gasteiger partial charge in [-0.25, -0.2) is 13.1 Å². The van der Waals surface area contributed by atoms with Crippen molar-refractivity contribution in [1.29, 1.82) is 0 Å². The molecule has 0 aromatic rings. The lowest BCUT2D eigenvalue weighted by Crippen LogP contribution is -2.35. The lowest BCUT2D eigenvalue weighted by atomic mass is 10.4. The predicted octanol–water partition coefficient (Wildman–Crippen LogP) is -0.372. The molecule has 2 N–H and O–H groups in total. The van der Waals surface area contributed by atoms with Crippen molar-refractivity contribution < 1.29 is 13.2 Å². The van der Waals surface area contributed by atoms with E-state index in [4.69, 9.17) is 11.6 Å². The second kappa shape index (κ2) is 4.95. The van der Waals surface area contributed by atoms with Crippen LogP contribution in [0.5, 0.6) is 0 Å². The van der Waals surface area contributed by atoms with Gasteiger partial charge in [-0.2, -0.15) is 0 Å². The number of alkyl halides is 1. The minimum absolute atomic E-state index is 0.00933. The molecule has 0 heterocycles. The number of sulfonamides is 1. The highest BCUT2D eigenvalue weighted by Crippen LogP contribution is 2.28. The molecule has 0 bridgehead atoms. The molecular formula is C7H13ClN2O3S. The molecule has 1 saturated carbocycles. The van der Waals surface area contributed by atoms with Crippen LogP contribution in [0.15, 0.2) is 0 Å². The van der Waals surface area contributed by atoms with Gasteiger partial charge in [-0.15, -0.1) is 11.6 Å². The van der Waals surface area contributed by atoms with Gasteiger partial charge >= 0.3 is 0 Å². The second-order valence-electron chi connectivity index (χ2n) is 3.18. The molecule has 0 saturated heterocycles. The van der Waals surface area contributed by atoms with Gasteiger partial charge in [0.15, 0.2) is 0 Å². The van der Waals surface area contributed by atoms with Crippen molar-refractivity contribution in [1.82, 2.24) is 10.0 Å². The van der Waals surface area contributed by atoms with Crippen LogP contribution in [0.1, 0.15) is 12.8 Å². The second-order valence-corrected chi connectivity index (χ2v) is 5.57. The van der Waals surface area contributed by atoms with Gasteiger partial charge in [0.1, 0.15) is 5.21 Å². The Bertz CT molecular complexity index is 300.